The van der Waals surface area contributed by atoms with Crippen LogP contribution in [0.15, 0.2) is 4.99 Å². The van der Waals surface area contributed by atoms with E-state index in [0.717, 1.165) is 32.1 Å². The fraction of sp³-hybridized carbons (Fsp3) is 0.929. The molecule has 1 saturated heterocycles. The lowest BCUT2D eigenvalue weighted by molar-refractivity contribution is 0.161. The van der Waals surface area contributed by atoms with Gasteiger partial charge in [-0.05, 0) is 46.4 Å². The van der Waals surface area contributed by atoms with Crippen LogP contribution in [0.2, 0.25) is 0 Å². The number of hydrogen-bond donors (Lipinski definition) is 1. The van der Waals surface area contributed by atoms with E-state index in [0.29, 0.717) is 0 Å². The Balaban J connectivity index is 2.04. The number of rotatable bonds is 4. The van der Waals surface area contributed by atoms with Crippen molar-refractivity contribution in [3.05, 3.63) is 0 Å². The van der Waals surface area contributed by atoms with Gasteiger partial charge in [0.25, 0.3) is 0 Å². The minimum absolute atomic E-state index is 0.198. The number of aliphatic imine (C=N–C) groups is 1. The van der Waals surface area contributed by atoms with Gasteiger partial charge in [-0.3, -0.25) is 4.99 Å². The molecule has 0 aliphatic carbocycles. The topological polar surface area (TPSA) is 48.1 Å². The first-order valence-electron chi connectivity index (χ1n) is 7.52. The van der Waals surface area contributed by atoms with Crippen LogP contribution in [0.1, 0.15) is 26.2 Å². The zero-order valence-electron chi connectivity index (χ0n) is 12.7. The van der Waals surface area contributed by atoms with Gasteiger partial charge in [0.1, 0.15) is 0 Å². The van der Waals surface area contributed by atoms with Gasteiger partial charge in [0.05, 0.1) is 12.1 Å². The van der Waals surface area contributed by atoms with Gasteiger partial charge in [-0.2, -0.15) is 0 Å². The third-order valence-corrected chi connectivity index (χ3v) is 4.61. The van der Waals surface area contributed by atoms with Crippen molar-refractivity contribution in [1.82, 2.24) is 14.7 Å². The van der Waals surface area contributed by atoms with E-state index in [2.05, 4.69) is 40.7 Å². The summed E-state index contributed by atoms with van der Waals surface area (Å²) < 4.78 is 0. The zero-order valence-corrected chi connectivity index (χ0v) is 12.7. The van der Waals surface area contributed by atoms with Crippen LogP contribution in [0.4, 0.5) is 0 Å². The standard InChI is InChI=1S/C14H29N5/c1-4-18-8-5-6-14(7-9-18)12-16-13(15)19(14)11-10-17(2)3/h4-12H2,1-3H3,(H2,15,16). The predicted molar refractivity (Wildman–Crippen MR) is 80.4 cm³/mol. The van der Waals surface area contributed by atoms with Gasteiger partial charge in [0, 0.05) is 19.6 Å². The maximum absolute atomic E-state index is 6.13. The number of likely N-dealkylation sites (tertiary alicyclic amines) is 1. The monoisotopic (exact) mass is 267 g/mol. The summed E-state index contributed by atoms with van der Waals surface area (Å²) in [4.78, 5) is 11.7. The molecule has 0 aromatic carbocycles. The smallest absolute Gasteiger partial charge is 0.191 e. The van der Waals surface area contributed by atoms with Crippen LogP contribution in [-0.2, 0) is 0 Å². The van der Waals surface area contributed by atoms with E-state index in [9.17, 15) is 0 Å². The lowest BCUT2D eigenvalue weighted by Gasteiger charge is -2.39. The molecule has 2 aliphatic rings. The Morgan fingerprint density at radius 1 is 1.32 bits per heavy atom. The van der Waals surface area contributed by atoms with E-state index in [-0.39, 0.29) is 5.54 Å². The Kier molecular flexibility index (Phi) is 4.68. The maximum Gasteiger partial charge on any atom is 0.191 e. The quantitative estimate of drug-likeness (QED) is 0.802. The molecule has 0 radical (unpaired) electrons. The molecule has 19 heavy (non-hydrogen) atoms. The second kappa shape index (κ2) is 6.09. The molecule has 5 heteroatoms. The number of guanidine groups is 1. The van der Waals surface area contributed by atoms with Crippen molar-refractivity contribution in [3.8, 4) is 0 Å². The maximum atomic E-state index is 6.13. The molecule has 0 bridgehead atoms. The normalized spacial score (nSPS) is 29.1. The zero-order chi connectivity index (χ0) is 13.9. The van der Waals surface area contributed by atoms with Crippen molar-refractivity contribution in [2.75, 3.05) is 53.4 Å². The Morgan fingerprint density at radius 2 is 2.11 bits per heavy atom. The van der Waals surface area contributed by atoms with Crippen LogP contribution in [0.25, 0.3) is 0 Å². The summed E-state index contributed by atoms with van der Waals surface area (Å²) in [6, 6.07) is 0. The molecule has 2 heterocycles. The minimum atomic E-state index is 0.198. The van der Waals surface area contributed by atoms with Gasteiger partial charge >= 0.3 is 0 Å². The molecule has 0 aromatic heterocycles. The Bertz CT molecular complexity index is 328. The molecule has 0 amide bonds. The summed E-state index contributed by atoms with van der Waals surface area (Å²) in [5.74, 6) is 0.756. The number of nitrogens with two attached hydrogens (primary N) is 1. The molecule has 2 N–H and O–H groups in total. The molecule has 2 rings (SSSR count). The number of likely N-dealkylation sites (N-methyl/N-ethyl adjacent to an activating group) is 1. The van der Waals surface area contributed by atoms with E-state index >= 15 is 0 Å². The van der Waals surface area contributed by atoms with Crippen molar-refractivity contribution in [3.63, 3.8) is 0 Å². The third-order valence-electron chi connectivity index (χ3n) is 4.61. The van der Waals surface area contributed by atoms with Crippen molar-refractivity contribution in [1.29, 1.82) is 0 Å². The summed E-state index contributed by atoms with van der Waals surface area (Å²) in [6.07, 6.45) is 3.68. The van der Waals surface area contributed by atoms with Gasteiger partial charge in [0.2, 0.25) is 0 Å². The van der Waals surface area contributed by atoms with E-state index in [1.807, 2.05) is 0 Å². The first-order chi connectivity index (χ1) is 9.07. The SMILES string of the molecule is CCN1CCCC2(CC1)CN=C(N)N2CCN(C)C. The van der Waals surface area contributed by atoms with Crippen LogP contribution >= 0.6 is 0 Å². The fourth-order valence-corrected chi connectivity index (χ4v) is 3.27. The van der Waals surface area contributed by atoms with Gasteiger partial charge < -0.3 is 20.4 Å². The molecule has 0 saturated carbocycles. The largest absolute Gasteiger partial charge is 0.370 e. The Morgan fingerprint density at radius 3 is 2.79 bits per heavy atom. The highest BCUT2D eigenvalue weighted by atomic mass is 15.4. The van der Waals surface area contributed by atoms with Crippen LogP contribution in [-0.4, -0.2) is 79.6 Å². The Labute approximate surface area is 117 Å². The molecule has 1 atom stereocenters. The van der Waals surface area contributed by atoms with Crippen molar-refractivity contribution in [2.24, 2.45) is 10.7 Å². The molecule has 1 spiro atoms. The molecular formula is C14H29N5. The lowest BCUT2D eigenvalue weighted by atomic mass is 9.89. The van der Waals surface area contributed by atoms with Crippen LogP contribution in [0.3, 0.4) is 0 Å². The Hall–Kier alpha value is -0.810. The average molecular weight is 267 g/mol. The van der Waals surface area contributed by atoms with Crippen LogP contribution in [0.5, 0.6) is 0 Å². The number of hydrogen-bond acceptors (Lipinski definition) is 5. The van der Waals surface area contributed by atoms with Crippen LogP contribution < -0.4 is 5.73 Å². The highest BCUT2D eigenvalue weighted by Crippen LogP contribution is 2.32. The first-order valence-corrected chi connectivity index (χ1v) is 7.52. The predicted octanol–water partition coefficient (Wildman–Crippen LogP) is 0.423. The first kappa shape index (κ1) is 14.6. The summed E-state index contributed by atoms with van der Waals surface area (Å²) in [5, 5.41) is 0. The second-order valence-corrected chi connectivity index (χ2v) is 6.14. The summed E-state index contributed by atoms with van der Waals surface area (Å²) >= 11 is 0. The van der Waals surface area contributed by atoms with Crippen molar-refractivity contribution in [2.45, 2.75) is 31.7 Å². The van der Waals surface area contributed by atoms with E-state index < -0.39 is 0 Å². The highest BCUT2D eigenvalue weighted by Gasteiger charge is 2.42. The van der Waals surface area contributed by atoms with Crippen molar-refractivity contribution < 1.29 is 0 Å². The molecule has 1 unspecified atom stereocenters. The van der Waals surface area contributed by atoms with Gasteiger partial charge in [-0.25, -0.2) is 0 Å². The fourth-order valence-electron chi connectivity index (χ4n) is 3.27. The van der Waals surface area contributed by atoms with Crippen molar-refractivity contribution >= 4 is 5.96 Å². The molecule has 1 fully saturated rings. The van der Waals surface area contributed by atoms with Gasteiger partial charge in [0.15, 0.2) is 5.96 Å². The lowest BCUT2D eigenvalue weighted by Crippen LogP contribution is -2.53. The van der Waals surface area contributed by atoms with Crippen LogP contribution in [0, 0.1) is 0 Å². The summed E-state index contributed by atoms with van der Waals surface area (Å²) in [5.41, 5.74) is 6.33. The number of nitrogens with zero attached hydrogens (tertiary/aromatic N) is 4. The molecule has 2 aliphatic heterocycles. The average Bonchev–Trinajstić information content (AvgIpc) is 2.57. The van der Waals surface area contributed by atoms with Gasteiger partial charge in [-0.15, -0.1) is 0 Å². The molecule has 5 nitrogen and oxygen atoms in total. The molecule has 110 valence electrons. The van der Waals surface area contributed by atoms with E-state index in [4.69, 9.17) is 5.73 Å². The summed E-state index contributed by atoms with van der Waals surface area (Å²) in [7, 11) is 4.23. The summed E-state index contributed by atoms with van der Waals surface area (Å²) in [6.45, 7) is 8.73. The minimum Gasteiger partial charge on any atom is -0.370 e. The van der Waals surface area contributed by atoms with Gasteiger partial charge in [-0.1, -0.05) is 6.92 Å². The van der Waals surface area contributed by atoms with E-state index in [1.165, 1.54) is 32.4 Å². The highest BCUT2D eigenvalue weighted by molar-refractivity contribution is 5.81. The molecule has 0 aromatic rings. The van der Waals surface area contributed by atoms with E-state index in [1.54, 1.807) is 0 Å². The second-order valence-electron chi connectivity index (χ2n) is 6.14. The third kappa shape index (κ3) is 3.20. The molecular weight excluding hydrogens is 238 g/mol.